The lowest BCUT2D eigenvalue weighted by molar-refractivity contribution is 0.0527. The van der Waals surface area contributed by atoms with Gasteiger partial charge in [-0.2, -0.15) is 0 Å². The molecule has 0 aromatic heterocycles. The number of benzene rings is 2. The topological polar surface area (TPSA) is 66.8 Å². The zero-order valence-electron chi connectivity index (χ0n) is 11.3. The third-order valence-corrected chi connectivity index (χ3v) is 4.36. The maximum absolute atomic E-state index is 11.8. The fourth-order valence-electron chi connectivity index (χ4n) is 1.64. The van der Waals surface area contributed by atoms with E-state index in [-0.39, 0.29) is 23.7 Å². The largest absolute Gasteiger partial charge is 0.508 e. The maximum atomic E-state index is 11.8. The molecule has 2 N–H and O–H groups in total. The number of ether oxygens (including phenoxy) is 1. The molecular weight excluding hydrogens is 347 g/mol. The number of hydrogen-bond donors (Lipinski definition) is 2. The lowest BCUT2D eigenvalue weighted by Crippen LogP contribution is -2.08. The summed E-state index contributed by atoms with van der Waals surface area (Å²) in [5.74, 6) is -0.615. The number of phenolic OH excluding ortho intramolecular Hbond substituents is 2. The zero-order valence-corrected chi connectivity index (χ0v) is 13.6. The molecule has 0 bridgehead atoms. The van der Waals surface area contributed by atoms with Crippen molar-refractivity contribution in [3.05, 3.63) is 52.0 Å². The highest BCUT2D eigenvalue weighted by atomic mass is 35.5. The number of carbonyl (C=O) groups is 1. The van der Waals surface area contributed by atoms with Crippen LogP contribution in [-0.4, -0.2) is 28.5 Å². The zero-order chi connectivity index (χ0) is 16.1. The molecule has 0 aliphatic carbocycles. The molecule has 116 valence electrons. The van der Waals surface area contributed by atoms with Crippen molar-refractivity contribution in [1.29, 1.82) is 0 Å². The fourth-order valence-corrected chi connectivity index (χ4v) is 2.97. The molecule has 0 atom stereocenters. The molecule has 2 aromatic rings. The Morgan fingerprint density at radius 3 is 2.64 bits per heavy atom. The van der Waals surface area contributed by atoms with Crippen molar-refractivity contribution >= 4 is 40.9 Å². The van der Waals surface area contributed by atoms with Crippen LogP contribution in [0.25, 0.3) is 0 Å². The van der Waals surface area contributed by atoms with E-state index >= 15 is 0 Å². The van der Waals surface area contributed by atoms with Gasteiger partial charge >= 0.3 is 5.97 Å². The minimum absolute atomic E-state index is 0.00332. The highest BCUT2D eigenvalue weighted by Gasteiger charge is 2.13. The lowest BCUT2D eigenvalue weighted by Gasteiger charge is -2.07. The number of carbonyl (C=O) groups excluding carboxylic acids is 1. The van der Waals surface area contributed by atoms with Crippen molar-refractivity contribution in [2.24, 2.45) is 0 Å². The van der Waals surface area contributed by atoms with Gasteiger partial charge in [-0.1, -0.05) is 23.2 Å². The summed E-state index contributed by atoms with van der Waals surface area (Å²) in [5, 5.41) is 19.9. The molecule has 2 aromatic carbocycles. The average molecular weight is 359 g/mol. The maximum Gasteiger partial charge on any atom is 0.341 e. The summed E-state index contributed by atoms with van der Waals surface area (Å²) >= 11 is 13.3. The third-order valence-electron chi connectivity index (χ3n) is 2.67. The molecule has 0 saturated heterocycles. The van der Waals surface area contributed by atoms with Crippen molar-refractivity contribution in [2.75, 3.05) is 12.4 Å². The van der Waals surface area contributed by atoms with E-state index in [1.54, 1.807) is 18.2 Å². The molecule has 0 unspecified atom stereocenters. The molecule has 0 fully saturated rings. The summed E-state index contributed by atoms with van der Waals surface area (Å²) in [5.41, 5.74) is 0.00332. The summed E-state index contributed by atoms with van der Waals surface area (Å²) < 4.78 is 5.06. The van der Waals surface area contributed by atoms with Gasteiger partial charge in [0.1, 0.15) is 23.7 Å². The van der Waals surface area contributed by atoms with Crippen molar-refractivity contribution in [3.8, 4) is 11.5 Å². The first-order chi connectivity index (χ1) is 10.5. The van der Waals surface area contributed by atoms with Gasteiger partial charge in [0.15, 0.2) is 0 Å². The van der Waals surface area contributed by atoms with E-state index < -0.39 is 5.97 Å². The summed E-state index contributed by atoms with van der Waals surface area (Å²) in [4.78, 5) is 12.6. The van der Waals surface area contributed by atoms with Gasteiger partial charge in [0.25, 0.3) is 0 Å². The van der Waals surface area contributed by atoms with Crippen LogP contribution in [0.5, 0.6) is 11.5 Å². The van der Waals surface area contributed by atoms with Gasteiger partial charge in [-0.25, -0.2) is 4.79 Å². The van der Waals surface area contributed by atoms with Gasteiger partial charge < -0.3 is 14.9 Å². The predicted molar refractivity (Wildman–Crippen MR) is 87.2 cm³/mol. The minimum atomic E-state index is -0.657. The van der Waals surface area contributed by atoms with Crippen LogP contribution in [0.2, 0.25) is 10.0 Å². The van der Waals surface area contributed by atoms with E-state index in [4.69, 9.17) is 33.0 Å². The van der Waals surface area contributed by atoms with E-state index in [1.807, 2.05) is 0 Å². The second-order valence-corrected chi connectivity index (χ2v) is 6.24. The van der Waals surface area contributed by atoms with Crippen LogP contribution < -0.4 is 0 Å². The fraction of sp³-hybridized carbons (Fsp3) is 0.133. The highest BCUT2D eigenvalue weighted by Crippen LogP contribution is 2.30. The Bertz CT molecular complexity index is 691. The van der Waals surface area contributed by atoms with Gasteiger partial charge in [-0.15, -0.1) is 11.8 Å². The molecule has 0 heterocycles. The highest BCUT2D eigenvalue weighted by molar-refractivity contribution is 7.99. The Morgan fingerprint density at radius 1 is 1.14 bits per heavy atom. The van der Waals surface area contributed by atoms with Crippen LogP contribution in [0.3, 0.4) is 0 Å². The minimum Gasteiger partial charge on any atom is -0.508 e. The molecule has 0 aliphatic heterocycles. The summed E-state index contributed by atoms with van der Waals surface area (Å²) in [6.07, 6.45) is 0. The van der Waals surface area contributed by atoms with Crippen LogP contribution >= 0.6 is 35.0 Å². The van der Waals surface area contributed by atoms with Crippen LogP contribution in [0, 0.1) is 0 Å². The number of aromatic hydroxyl groups is 2. The van der Waals surface area contributed by atoms with Crippen molar-refractivity contribution < 1.29 is 19.7 Å². The average Bonchev–Trinajstić information content (AvgIpc) is 2.46. The summed E-state index contributed by atoms with van der Waals surface area (Å²) in [6, 6.07) is 8.82. The first kappa shape index (κ1) is 16.8. The van der Waals surface area contributed by atoms with Gasteiger partial charge in [0.05, 0.1) is 5.02 Å². The Kier molecular flexibility index (Phi) is 5.83. The van der Waals surface area contributed by atoms with E-state index in [1.165, 1.54) is 23.9 Å². The van der Waals surface area contributed by atoms with E-state index in [0.29, 0.717) is 15.8 Å². The number of phenols is 2. The molecule has 0 amide bonds. The Morgan fingerprint density at radius 2 is 1.91 bits per heavy atom. The Labute approximate surface area is 141 Å². The first-order valence-electron chi connectivity index (χ1n) is 6.24. The van der Waals surface area contributed by atoms with Crippen LogP contribution in [0.1, 0.15) is 10.4 Å². The second-order valence-electron chi connectivity index (χ2n) is 4.26. The molecule has 0 aliphatic rings. The molecular formula is C15H12Cl2O4S. The number of halogens is 2. The van der Waals surface area contributed by atoms with Crippen LogP contribution in [-0.2, 0) is 4.74 Å². The number of hydrogen-bond acceptors (Lipinski definition) is 5. The van der Waals surface area contributed by atoms with Crippen LogP contribution in [0.4, 0.5) is 0 Å². The SMILES string of the molecule is O=C(OCCSc1cc(Cl)ccc1Cl)c1ccc(O)cc1O. The van der Waals surface area contributed by atoms with E-state index in [9.17, 15) is 9.90 Å². The molecule has 0 radical (unpaired) electrons. The predicted octanol–water partition coefficient (Wildman–Crippen LogP) is 4.35. The smallest absolute Gasteiger partial charge is 0.341 e. The lowest BCUT2D eigenvalue weighted by atomic mass is 10.2. The molecule has 2 rings (SSSR count). The second kappa shape index (κ2) is 7.63. The first-order valence-corrected chi connectivity index (χ1v) is 7.98. The monoisotopic (exact) mass is 358 g/mol. The van der Waals surface area contributed by atoms with Crippen molar-refractivity contribution in [2.45, 2.75) is 4.90 Å². The Balaban J connectivity index is 1.86. The summed E-state index contributed by atoms with van der Waals surface area (Å²) in [6.45, 7) is 0.145. The van der Waals surface area contributed by atoms with Crippen molar-refractivity contribution in [1.82, 2.24) is 0 Å². The van der Waals surface area contributed by atoms with Crippen molar-refractivity contribution in [3.63, 3.8) is 0 Å². The molecule has 7 heteroatoms. The van der Waals surface area contributed by atoms with Gasteiger partial charge in [-0.3, -0.25) is 0 Å². The van der Waals surface area contributed by atoms with Crippen LogP contribution in [0.15, 0.2) is 41.3 Å². The number of rotatable bonds is 5. The number of esters is 1. The van der Waals surface area contributed by atoms with Gasteiger partial charge in [0, 0.05) is 21.7 Å². The normalized spacial score (nSPS) is 10.5. The van der Waals surface area contributed by atoms with Gasteiger partial charge in [-0.05, 0) is 30.3 Å². The van der Waals surface area contributed by atoms with E-state index in [0.717, 1.165) is 11.0 Å². The van der Waals surface area contributed by atoms with E-state index in [2.05, 4.69) is 0 Å². The number of thioether (sulfide) groups is 1. The summed E-state index contributed by atoms with van der Waals surface area (Å²) in [7, 11) is 0. The van der Waals surface area contributed by atoms with Gasteiger partial charge in [0.2, 0.25) is 0 Å². The molecule has 4 nitrogen and oxygen atoms in total. The molecule has 0 spiro atoms. The molecule has 22 heavy (non-hydrogen) atoms. The quantitative estimate of drug-likeness (QED) is 0.472. The standard InChI is InChI=1S/C15H12Cl2O4S/c16-9-1-4-12(17)14(7-9)22-6-5-21-15(20)11-3-2-10(18)8-13(11)19/h1-4,7-8,18-19H,5-6H2. The third kappa shape index (κ3) is 4.47. The molecule has 0 saturated carbocycles. The Hall–Kier alpha value is -1.56.